The smallest absolute Gasteiger partial charge is 0.148 e. The van der Waals surface area contributed by atoms with E-state index in [1.165, 1.54) is 5.56 Å². The molecule has 0 atom stereocenters. The van der Waals surface area contributed by atoms with Crippen LogP contribution in [0.2, 0.25) is 0 Å². The molecular formula is C56H48N3OPt-. The summed E-state index contributed by atoms with van der Waals surface area (Å²) in [6, 6.07) is 62.9. The van der Waals surface area contributed by atoms with Crippen LogP contribution < -0.4 is 0 Å². The number of fused-ring (bicyclic) bond motifs is 1. The van der Waals surface area contributed by atoms with Crippen LogP contribution in [0, 0.1) is 6.07 Å². The summed E-state index contributed by atoms with van der Waals surface area (Å²) < 4.78 is 2.24. The van der Waals surface area contributed by atoms with Crippen molar-refractivity contribution >= 4 is 11.0 Å². The monoisotopic (exact) mass is 973 g/mol. The number of nitrogens with zero attached hydrogens (tertiary/aromatic N) is 3. The Bertz CT molecular complexity index is 2990. The summed E-state index contributed by atoms with van der Waals surface area (Å²) in [5.74, 6) is 0.836. The molecule has 9 aromatic rings. The molecule has 0 amide bonds. The van der Waals surface area contributed by atoms with Gasteiger partial charge in [0.2, 0.25) is 0 Å². The van der Waals surface area contributed by atoms with Crippen LogP contribution in [0.25, 0.3) is 83.9 Å². The van der Waals surface area contributed by atoms with Crippen molar-refractivity contribution in [2.45, 2.75) is 52.4 Å². The van der Waals surface area contributed by atoms with E-state index >= 15 is 0 Å². The van der Waals surface area contributed by atoms with Crippen molar-refractivity contribution in [2.24, 2.45) is 0 Å². The number of aromatic nitrogens is 3. The number of hydrogen-bond donors (Lipinski definition) is 1. The number of pyridine rings is 1. The molecule has 304 valence electrons. The molecule has 0 spiro atoms. The number of benzene rings is 7. The first-order chi connectivity index (χ1) is 28.9. The van der Waals surface area contributed by atoms with Crippen molar-refractivity contribution in [3.63, 3.8) is 0 Å². The summed E-state index contributed by atoms with van der Waals surface area (Å²) in [5.41, 5.74) is 15.6. The molecule has 0 saturated carbocycles. The molecule has 61 heavy (non-hydrogen) atoms. The van der Waals surface area contributed by atoms with E-state index in [2.05, 4.69) is 192 Å². The first-order valence-corrected chi connectivity index (χ1v) is 20.6. The summed E-state index contributed by atoms with van der Waals surface area (Å²) in [7, 11) is 0. The van der Waals surface area contributed by atoms with Gasteiger partial charge < -0.3 is 5.11 Å². The van der Waals surface area contributed by atoms with E-state index in [0.717, 1.165) is 78.0 Å². The molecular weight excluding hydrogens is 926 g/mol. The number of phenolic OH excluding ortho intramolecular Hbond substituents is 1. The van der Waals surface area contributed by atoms with E-state index in [0.29, 0.717) is 11.4 Å². The van der Waals surface area contributed by atoms with Gasteiger partial charge in [0.25, 0.3) is 0 Å². The largest absolute Gasteiger partial charge is 0.507 e. The van der Waals surface area contributed by atoms with Crippen LogP contribution in [-0.4, -0.2) is 19.6 Å². The number of hydrogen-bond acceptors (Lipinski definition) is 3. The molecule has 1 N–H and O–H groups in total. The fourth-order valence-electron chi connectivity index (χ4n) is 7.99. The molecule has 2 aromatic heterocycles. The minimum atomic E-state index is -0.157. The Balaban J connectivity index is 0.00000514. The number of rotatable bonds is 7. The van der Waals surface area contributed by atoms with E-state index in [1.807, 2.05) is 36.5 Å². The SMILES string of the molecule is CC(C)(C)c1cc(-c2cc(-c3ccccc3)ccn2)[c-]c(-c2cccc3c2nc(-c2cc(C(C)(C)C)ccc2O)n3-c2cc(-c3ccccc3)ccc2-c2ccccc2)c1.[Pt]. The van der Waals surface area contributed by atoms with E-state index < -0.39 is 0 Å². The summed E-state index contributed by atoms with van der Waals surface area (Å²) >= 11 is 0. The predicted octanol–water partition coefficient (Wildman–Crippen LogP) is 14.5. The van der Waals surface area contributed by atoms with Crippen molar-refractivity contribution in [3.8, 4) is 78.6 Å². The Kier molecular flexibility index (Phi) is 11.3. The van der Waals surface area contributed by atoms with Gasteiger partial charge in [-0.15, -0.1) is 29.3 Å². The van der Waals surface area contributed by atoms with Gasteiger partial charge in [-0.1, -0.05) is 180 Å². The maximum atomic E-state index is 11.8. The van der Waals surface area contributed by atoms with Gasteiger partial charge >= 0.3 is 0 Å². The van der Waals surface area contributed by atoms with Crippen LogP contribution in [0.5, 0.6) is 5.75 Å². The van der Waals surface area contributed by atoms with Crippen LogP contribution in [0.1, 0.15) is 52.7 Å². The fourth-order valence-corrected chi connectivity index (χ4v) is 7.99. The summed E-state index contributed by atoms with van der Waals surface area (Å²) in [4.78, 5) is 10.5. The van der Waals surface area contributed by atoms with Crippen LogP contribution >= 0.6 is 0 Å². The summed E-state index contributed by atoms with van der Waals surface area (Å²) in [6.45, 7) is 13.3. The topological polar surface area (TPSA) is 50.9 Å². The second-order valence-corrected chi connectivity index (χ2v) is 17.6. The molecule has 0 aliphatic rings. The van der Waals surface area contributed by atoms with Gasteiger partial charge in [0.15, 0.2) is 0 Å². The van der Waals surface area contributed by atoms with Gasteiger partial charge in [-0.05, 0) is 74.5 Å². The molecule has 0 aliphatic carbocycles. The van der Waals surface area contributed by atoms with E-state index in [4.69, 9.17) is 9.97 Å². The average molecular weight is 974 g/mol. The fraction of sp³-hybridized carbons (Fsp3) is 0.143. The quantitative estimate of drug-likeness (QED) is 0.162. The van der Waals surface area contributed by atoms with Crippen molar-refractivity contribution in [1.82, 2.24) is 14.5 Å². The van der Waals surface area contributed by atoms with Crippen LogP contribution in [0.3, 0.4) is 0 Å². The number of imidazole rings is 1. The van der Waals surface area contributed by atoms with Gasteiger partial charge in [0.1, 0.15) is 11.6 Å². The number of aromatic hydroxyl groups is 1. The first-order valence-electron chi connectivity index (χ1n) is 20.6. The number of phenols is 1. The minimum absolute atomic E-state index is 0. The molecule has 0 unspecified atom stereocenters. The normalized spacial score (nSPS) is 11.7. The van der Waals surface area contributed by atoms with E-state index in [-0.39, 0.29) is 37.6 Å². The third-order valence-corrected chi connectivity index (χ3v) is 11.4. The molecule has 7 aromatic carbocycles. The third kappa shape index (κ3) is 8.26. The Morgan fingerprint density at radius 1 is 0.492 bits per heavy atom. The summed E-state index contributed by atoms with van der Waals surface area (Å²) in [6.07, 6.45) is 1.88. The van der Waals surface area contributed by atoms with Gasteiger partial charge in [-0.2, -0.15) is 0 Å². The summed E-state index contributed by atoms with van der Waals surface area (Å²) in [5, 5.41) is 11.8. The molecule has 2 heterocycles. The van der Waals surface area contributed by atoms with Crippen molar-refractivity contribution in [1.29, 1.82) is 0 Å². The molecule has 0 radical (unpaired) electrons. The Morgan fingerprint density at radius 3 is 1.74 bits per heavy atom. The molecule has 9 rings (SSSR count). The predicted molar refractivity (Wildman–Crippen MR) is 249 cm³/mol. The zero-order valence-electron chi connectivity index (χ0n) is 35.3. The van der Waals surface area contributed by atoms with Gasteiger partial charge in [0.05, 0.1) is 22.3 Å². The van der Waals surface area contributed by atoms with Crippen molar-refractivity contribution in [3.05, 3.63) is 193 Å². The van der Waals surface area contributed by atoms with Gasteiger partial charge in [-0.3, -0.25) is 9.55 Å². The maximum absolute atomic E-state index is 11.8. The van der Waals surface area contributed by atoms with Crippen LogP contribution in [-0.2, 0) is 31.9 Å². The second kappa shape index (κ2) is 16.6. The minimum Gasteiger partial charge on any atom is -0.507 e. The Hall–Kier alpha value is -6.35. The molecule has 0 bridgehead atoms. The zero-order chi connectivity index (χ0) is 41.6. The average Bonchev–Trinajstić information content (AvgIpc) is 3.66. The number of para-hydroxylation sites is 1. The van der Waals surface area contributed by atoms with Crippen molar-refractivity contribution in [2.75, 3.05) is 0 Å². The van der Waals surface area contributed by atoms with Crippen LogP contribution in [0.4, 0.5) is 0 Å². The molecule has 0 aliphatic heterocycles. The standard InChI is InChI=1S/C56H48N3O.Pt/c1-55(2,3)44-26-28-52(60)48(36-44)54-58-53-47(42-31-43(33-45(32-42)56(4,5)6)49-34-41(29-30-57-49)38-19-12-8-13-20-38)23-16-24-50(53)59(54)51-35-40(37-17-10-7-11-18-37)25-27-46(51)39-21-14-9-15-22-39;/h7-30,32-36,60H,1-6H3;/q-1;. The van der Waals surface area contributed by atoms with E-state index in [9.17, 15) is 5.11 Å². The maximum Gasteiger partial charge on any atom is 0.148 e. The Morgan fingerprint density at radius 2 is 1.10 bits per heavy atom. The van der Waals surface area contributed by atoms with Gasteiger partial charge in [-0.25, -0.2) is 4.98 Å². The molecule has 0 fully saturated rings. The van der Waals surface area contributed by atoms with Crippen molar-refractivity contribution < 1.29 is 26.2 Å². The van der Waals surface area contributed by atoms with Crippen LogP contribution in [0.15, 0.2) is 176 Å². The molecule has 5 heteroatoms. The second-order valence-electron chi connectivity index (χ2n) is 17.6. The van der Waals surface area contributed by atoms with Gasteiger partial charge in [0, 0.05) is 38.5 Å². The molecule has 0 saturated heterocycles. The zero-order valence-corrected chi connectivity index (χ0v) is 37.6. The third-order valence-electron chi connectivity index (χ3n) is 11.4. The molecule has 4 nitrogen and oxygen atoms in total. The first kappa shape index (κ1) is 41.4. The Labute approximate surface area is 373 Å². The van der Waals surface area contributed by atoms with E-state index in [1.54, 1.807) is 0 Å².